The highest BCUT2D eigenvalue weighted by molar-refractivity contribution is 5.76. The summed E-state index contributed by atoms with van der Waals surface area (Å²) >= 11 is 0. The smallest absolute Gasteiger partial charge is 0.222 e. The topological polar surface area (TPSA) is 69.6 Å². The lowest BCUT2D eigenvalue weighted by molar-refractivity contribution is -0.133. The fourth-order valence-corrected chi connectivity index (χ4v) is 2.17. The van der Waals surface area contributed by atoms with Crippen molar-refractivity contribution in [1.82, 2.24) is 10.2 Å². The largest absolute Gasteiger partial charge is 0.393 e. The zero-order valence-electron chi connectivity index (χ0n) is 11.3. The standard InChI is InChI=1S/C13H24N2O3/c1-10(16)3-4-13(18)15-7-5-12(6-8-15)9-14-11(2)17/h10,12,16H,3-9H2,1-2H3,(H,14,17). The molecule has 1 fully saturated rings. The zero-order valence-corrected chi connectivity index (χ0v) is 11.3. The Balaban J connectivity index is 2.22. The van der Waals surface area contributed by atoms with E-state index < -0.39 is 6.10 Å². The molecule has 18 heavy (non-hydrogen) atoms. The van der Waals surface area contributed by atoms with Crippen molar-refractivity contribution in [2.75, 3.05) is 19.6 Å². The van der Waals surface area contributed by atoms with Crippen molar-refractivity contribution in [1.29, 1.82) is 0 Å². The van der Waals surface area contributed by atoms with E-state index in [1.807, 2.05) is 4.90 Å². The number of hydrogen-bond donors (Lipinski definition) is 2. The first kappa shape index (κ1) is 15.0. The minimum atomic E-state index is -0.411. The number of aliphatic hydroxyl groups excluding tert-OH is 1. The van der Waals surface area contributed by atoms with Gasteiger partial charge in [0.05, 0.1) is 6.10 Å². The molecular formula is C13H24N2O3. The van der Waals surface area contributed by atoms with Crippen LogP contribution in [0.2, 0.25) is 0 Å². The lowest BCUT2D eigenvalue weighted by atomic mass is 9.96. The first-order chi connectivity index (χ1) is 8.49. The molecule has 1 aliphatic heterocycles. The van der Waals surface area contributed by atoms with E-state index in [4.69, 9.17) is 5.11 Å². The molecule has 1 heterocycles. The second kappa shape index (κ2) is 7.36. The van der Waals surface area contributed by atoms with Crippen LogP contribution in [0.4, 0.5) is 0 Å². The first-order valence-electron chi connectivity index (χ1n) is 6.69. The first-order valence-corrected chi connectivity index (χ1v) is 6.69. The van der Waals surface area contributed by atoms with Gasteiger partial charge >= 0.3 is 0 Å². The summed E-state index contributed by atoms with van der Waals surface area (Å²) in [5, 5.41) is 12.0. The van der Waals surface area contributed by atoms with Gasteiger partial charge in [-0.2, -0.15) is 0 Å². The van der Waals surface area contributed by atoms with Gasteiger partial charge in [0.25, 0.3) is 0 Å². The highest BCUT2D eigenvalue weighted by Crippen LogP contribution is 2.17. The summed E-state index contributed by atoms with van der Waals surface area (Å²) < 4.78 is 0. The molecule has 0 saturated carbocycles. The number of carbonyl (C=O) groups is 2. The molecule has 1 atom stereocenters. The van der Waals surface area contributed by atoms with Gasteiger partial charge < -0.3 is 15.3 Å². The highest BCUT2D eigenvalue weighted by Gasteiger charge is 2.22. The number of amides is 2. The van der Waals surface area contributed by atoms with E-state index in [-0.39, 0.29) is 11.8 Å². The monoisotopic (exact) mass is 256 g/mol. The van der Waals surface area contributed by atoms with E-state index in [1.54, 1.807) is 6.92 Å². The normalized spacial score (nSPS) is 18.5. The second-order valence-electron chi connectivity index (χ2n) is 5.15. The second-order valence-corrected chi connectivity index (χ2v) is 5.15. The van der Waals surface area contributed by atoms with Crippen molar-refractivity contribution in [3.05, 3.63) is 0 Å². The van der Waals surface area contributed by atoms with E-state index in [9.17, 15) is 9.59 Å². The molecule has 1 rings (SSSR count). The van der Waals surface area contributed by atoms with Gasteiger partial charge in [0.15, 0.2) is 0 Å². The van der Waals surface area contributed by atoms with Gasteiger partial charge in [-0.1, -0.05) is 0 Å². The van der Waals surface area contributed by atoms with Gasteiger partial charge in [-0.15, -0.1) is 0 Å². The Labute approximate surface area is 109 Å². The van der Waals surface area contributed by atoms with Crippen molar-refractivity contribution in [2.24, 2.45) is 5.92 Å². The maximum Gasteiger partial charge on any atom is 0.222 e. The Kier molecular flexibility index (Phi) is 6.12. The molecular weight excluding hydrogens is 232 g/mol. The molecule has 0 spiro atoms. The number of likely N-dealkylation sites (tertiary alicyclic amines) is 1. The van der Waals surface area contributed by atoms with Crippen molar-refractivity contribution < 1.29 is 14.7 Å². The third-order valence-electron chi connectivity index (χ3n) is 3.38. The Morgan fingerprint density at radius 1 is 1.39 bits per heavy atom. The molecule has 0 radical (unpaired) electrons. The average Bonchev–Trinajstić information content (AvgIpc) is 2.34. The lowest BCUT2D eigenvalue weighted by Crippen LogP contribution is -2.41. The lowest BCUT2D eigenvalue weighted by Gasteiger charge is -2.32. The maximum atomic E-state index is 11.8. The van der Waals surface area contributed by atoms with Gasteiger partial charge in [0, 0.05) is 33.0 Å². The Morgan fingerprint density at radius 3 is 2.50 bits per heavy atom. The van der Waals surface area contributed by atoms with Crippen LogP contribution < -0.4 is 5.32 Å². The number of nitrogens with one attached hydrogen (secondary N) is 1. The molecule has 1 aliphatic rings. The molecule has 0 aliphatic carbocycles. The summed E-state index contributed by atoms with van der Waals surface area (Å²) in [6.07, 6.45) is 2.44. The minimum Gasteiger partial charge on any atom is -0.393 e. The maximum absolute atomic E-state index is 11.8. The molecule has 0 aromatic heterocycles. The predicted molar refractivity (Wildman–Crippen MR) is 68.9 cm³/mol. The van der Waals surface area contributed by atoms with Crippen LogP contribution >= 0.6 is 0 Å². The Morgan fingerprint density at radius 2 is 2.00 bits per heavy atom. The Hall–Kier alpha value is -1.10. The summed E-state index contributed by atoms with van der Waals surface area (Å²) in [7, 11) is 0. The average molecular weight is 256 g/mol. The molecule has 5 nitrogen and oxygen atoms in total. The molecule has 1 unspecified atom stereocenters. The Bertz CT molecular complexity index is 284. The minimum absolute atomic E-state index is 0.00504. The van der Waals surface area contributed by atoms with Crippen LogP contribution in [0.25, 0.3) is 0 Å². The van der Waals surface area contributed by atoms with Crippen LogP contribution in [0.5, 0.6) is 0 Å². The van der Waals surface area contributed by atoms with Crippen LogP contribution in [-0.4, -0.2) is 47.6 Å². The summed E-state index contributed by atoms with van der Waals surface area (Å²) in [6.45, 7) is 5.47. The summed E-state index contributed by atoms with van der Waals surface area (Å²) in [5.41, 5.74) is 0. The van der Waals surface area contributed by atoms with E-state index in [1.165, 1.54) is 6.92 Å². The van der Waals surface area contributed by atoms with Crippen molar-refractivity contribution >= 4 is 11.8 Å². The molecule has 1 saturated heterocycles. The van der Waals surface area contributed by atoms with Gasteiger partial charge in [-0.3, -0.25) is 9.59 Å². The number of aliphatic hydroxyl groups is 1. The van der Waals surface area contributed by atoms with E-state index in [0.29, 0.717) is 25.3 Å². The molecule has 0 aromatic rings. The summed E-state index contributed by atoms with van der Waals surface area (Å²) in [5.74, 6) is 0.619. The number of rotatable bonds is 5. The quantitative estimate of drug-likeness (QED) is 0.753. The van der Waals surface area contributed by atoms with E-state index in [2.05, 4.69) is 5.32 Å². The molecule has 0 aromatic carbocycles. The molecule has 104 valence electrons. The summed E-state index contributed by atoms with van der Waals surface area (Å²) in [6, 6.07) is 0. The van der Waals surface area contributed by atoms with Crippen molar-refractivity contribution in [2.45, 2.75) is 45.6 Å². The SMILES string of the molecule is CC(=O)NCC1CCN(C(=O)CCC(C)O)CC1. The van der Waals surface area contributed by atoms with Gasteiger partial charge in [-0.25, -0.2) is 0 Å². The zero-order chi connectivity index (χ0) is 13.5. The molecule has 0 bridgehead atoms. The van der Waals surface area contributed by atoms with Gasteiger partial charge in [0.1, 0.15) is 0 Å². The third kappa shape index (κ3) is 5.49. The van der Waals surface area contributed by atoms with Crippen molar-refractivity contribution in [3.63, 3.8) is 0 Å². The highest BCUT2D eigenvalue weighted by atomic mass is 16.3. The van der Waals surface area contributed by atoms with E-state index in [0.717, 1.165) is 25.9 Å². The van der Waals surface area contributed by atoms with Gasteiger partial charge in [-0.05, 0) is 32.1 Å². The summed E-state index contributed by atoms with van der Waals surface area (Å²) in [4.78, 5) is 24.5. The molecule has 2 amide bonds. The molecule has 5 heteroatoms. The number of carbonyl (C=O) groups excluding carboxylic acids is 2. The van der Waals surface area contributed by atoms with E-state index >= 15 is 0 Å². The number of nitrogens with zero attached hydrogens (tertiary/aromatic N) is 1. The van der Waals surface area contributed by atoms with Gasteiger partial charge in [0.2, 0.25) is 11.8 Å². The number of piperidine rings is 1. The van der Waals surface area contributed by atoms with Crippen LogP contribution in [-0.2, 0) is 9.59 Å². The van der Waals surface area contributed by atoms with Crippen LogP contribution in [0.15, 0.2) is 0 Å². The van der Waals surface area contributed by atoms with Crippen LogP contribution in [0.1, 0.15) is 39.5 Å². The van der Waals surface area contributed by atoms with Crippen LogP contribution in [0, 0.1) is 5.92 Å². The third-order valence-corrected chi connectivity index (χ3v) is 3.38. The fourth-order valence-electron chi connectivity index (χ4n) is 2.17. The number of hydrogen-bond acceptors (Lipinski definition) is 3. The molecule has 2 N–H and O–H groups in total. The fraction of sp³-hybridized carbons (Fsp3) is 0.846. The van der Waals surface area contributed by atoms with Crippen molar-refractivity contribution in [3.8, 4) is 0 Å². The predicted octanol–water partition coefficient (Wildman–Crippen LogP) is 0.522. The van der Waals surface area contributed by atoms with Crippen LogP contribution in [0.3, 0.4) is 0 Å².